The smallest absolute Gasteiger partial charge is 0.341 e. The summed E-state index contributed by atoms with van der Waals surface area (Å²) in [5, 5.41) is 0. The third-order valence-corrected chi connectivity index (χ3v) is 3.48. The van der Waals surface area contributed by atoms with Crippen LogP contribution in [-0.4, -0.2) is 26.9 Å². The van der Waals surface area contributed by atoms with E-state index in [-0.39, 0.29) is 0 Å². The van der Waals surface area contributed by atoms with E-state index in [0.717, 1.165) is 17.7 Å². The van der Waals surface area contributed by atoms with Gasteiger partial charge in [0.05, 0.1) is 23.1 Å². The van der Waals surface area contributed by atoms with Crippen LogP contribution >= 0.6 is 0 Å². The van der Waals surface area contributed by atoms with Gasteiger partial charge < -0.3 is 4.98 Å². The molecule has 2 aromatic heterocycles. The molecule has 0 unspecified atom stereocenters. The van der Waals surface area contributed by atoms with Crippen LogP contribution in [-0.2, 0) is 19.3 Å². The van der Waals surface area contributed by atoms with Crippen molar-refractivity contribution in [2.75, 3.05) is 7.05 Å². The molecule has 4 nitrogen and oxygen atoms in total. The van der Waals surface area contributed by atoms with Crippen molar-refractivity contribution in [2.24, 2.45) is 0 Å². The van der Waals surface area contributed by atoms with Crippen molar-refractivity contribution in [2.45, 2.75) is 19.3 Å². The number of hydrogen-bond acceptors (Lipinski definition) is 3. The lowest BCUT2D eigenvalue weighted by atomic mass is 10.2. The highest BCUT2D eigenvalue weighted by atomic mass is 19.4. The summed E-state index contributed by atoms with van der Waals surface area (Å²) in [5.74, 6) is 0.635. The molecule has 3 rings (SSSR count). The second-order valence-electron chi connectivity index (χ2n) is 5.44. The number of aromatic nitrogens is 3. The fraction of sp³-hybridized carbons (Fsp3) is 0.250. The van der Waals surface area contributed by atoms with E-state index in [4.69, 9.17) is 0 Å². The van der Waals surface area contributed by atoms with Crippen molar-refractivity contribution in [3.63, 3.8) is 0 Å². The number of nitrogens with zero attached hydrogens (tertiary/aromatic N) is 3. The normalized spacial score (nSPS) is 12.2. The van der Waals surface area contributed by atoms with Crippen LogP contribution in [0.5, 0.6) is 0 Å². The van der Waals surface area contributed by atoms with Gasteiger partial charge in [-0.15, -0.1) is 0 Å². The zero-order chi connectivity index (χ0) is 16.4. The van der Waals surface area contributed by atoms with Gasteiger partial charge in [-0.2, -0.15) is 13.2 Å². The van der Waals surface area contributed by atoms with Gasteiger partial charge in [0.15, 0.2) is 0 Å². The molecule has 2 heterocycles. The molecular formula is C16H15F3N4. The summed E-state index contributed by atoms with van der Waals surface area (Å²) < 4.78 is 38.2. The highest BCUT2D eigenvalue weighted by Gasteiger charge is 2.30. The number of fused-ring (bicyclic) bond motifs is 1. The molecule has 0 spiro atoms. The van der Waals surface area contributed by atoms with Crippen LogP contribution in [0, 0.1) is 0 Å². The molecule has 0 aliphatic rings. The number of benzene rings is 1. The van der Waals surface area contributed by atoms with Gasteiger partial charge in [0.2, 0.25) is 0 Å². The Hall–Kier alpha value is -2.41. The van der Waals surface area contributed by atoms with Gasteiger partial charge in [0.25, 0.3) is 0 Å². The Morgan fingerprint density at radius 3 is 2.52 bits per heavy atom. The van der Waals surface area contributed by atoms with Crippen LogP contribution in [0.15, 0.2) is 42.7 Å². The quantitative estimate of drug-likeness (QED) is 0.799. The number of H-pyrrole nitrogens is 1. The largest absolute Gasteiger partial charge is 0.416 e. The van der Waals surface area contributed by atoms with Crippen LogP contribution in [0.25, 0.3) is 11.0 Å². The van der Waals surface area contributed by atoms with E-state index < -0.39 is 11.7 Å². The number of alkyl halides is 3. The van der Waals surface area contributed by atoms with Crippen molar-refractivity contribution < 1.29 is 13.2 Å². The molecule has 0 aliphatic carbocycles. The molecule has 0 radical (unpaired) electrons. The number of hydrogen-bond donors (Lipinski definition) is 1. The van der Waals surface area contributed by atoms with Gasteiger partial charge in [-0.3, -0.25) is 9.88 Å². The second-order valence-corrected chi connectivity index (χ2v) is 5.44. The Morgan fingerprint density at radius 2 is 1.83 bits per heavy atom. The third-order valence-electron chi connectivity index (χ3n) is 3.48. The Morgan fingerprint density at radius 1 is 1.09 bits per heavy atom. The van der Waals surface area contributed by atoms with Gasteiger partial charge in [0.1, 0.15) is 5.82 Å². The first-order valence-electron chi connectivity index (χ1n) is 7.05. The van der Waals surface area contributed by atoms with Gasteiger partial charge >= 0.3 is 6.18 Å². The molecule has 1 N–H and O–H groups in total. The summed E-state index contributed by atoms with van der Waals surface area (Å²) in [6.45, 7) is 1.21. The lowest BCUT2D eigenvalue weighted by Gasteiger charge is -2.14. The maximum Gasteiger partial charge on any atom is 0.416 e. The third kappa shape index (κ3) is 3.68. The minimum Gasteiger partial charge on any atom is -0.341 e. The summed E-state index contributed by atoms with van der Waals surface area (Å²) in [5.41, 5.74) is 1.36. The molecule has 120 valence electrons. The van der Waals surface area contributed by atoms with Crippen LogP contribution in [0.3, 0.4) is 0 Å². The predicted molar refractivity (Wildman–Crippen MR) is 80.5 cm³/mol. The van der Waals surface area contributed by atoms with Crippen molar-refractivity contribution in [3.05, 3.63) is 59.7 Å². The van der Waals surface area contributed by atoms with Crippen molar-refractivity contribution in [1.29, 1.82) is 0 Å². The first-order chi connectivity index (χ1) is 10.9. The lowest BCUT2D eigenvalue weighted by Crippen LogP contribution is -2.18. The summed E-state index contributed by atoms with van der Waals surface area (Å²) in [4.78, 5) is 13.3. The first-order valence-corrected chi connectivity index (χ1v) is 7.05. The number of halogens is 3. The number of rotatable bonds is 4. The maximum atomic E-state index is 12.7. The van der Waals surface area contributed by atoms with Crippen LogP contribution in [0.2, 0.25) is 0 Å². The van der Waals surface area contributed by atoms with Crippen molar-refractivity contribution in [1.82, 2.24) is 19.9 Å². The predicted octanol–water partition coefficient (Wildman–Crippen LogP) is 3.61. The molecule has 3 aromatic rings. The molecule has 0 atom stereocenters. The summed E-state index contributed by atoms with van der Waals surface area (Å²) >= 11 is 0. The number of pyridine rings is 1. The van der Waals surface area contributed by atoms with Gasteiger partial charge in [-0.05, 0) is 42.9 Å². The van der Waals surface area contributed by atoms with E-state index in [9.17, 15) is 13.2 Å². The van der Waals surface area contributed by atoms with E-state index in [2.05, 4.69) is 15.0 Å². The SMILES string of the molecule is CN(Cc1ccncc1)Cc1nc2ccc(C(F)(F)F)cc2[nH]1. The Labute approximate surface area is 131 Å². The number of nitrogens with one attached hydrogen (secondary N) is 1. The molecule has 0 fully saturated rings. The minimum atomic E-state index is -4.35. The van der Waals surface area contributed by atoms with Gasteiger partial charge in [0, 0.05) is 18.9 Å². The van der Waals surface area contributed by atoms with Crippen molar-refractivity contribution in [3.8, 4) is 0 Å². The Bertz CT molecular complexity index is 796. The van der Waals surface area contributed by atoms with Crippen LogP contribution in [0.1, 0.15) is 17.0 Å². The molecule has 0 amide bonds. The number of aromatic amines is 1. The van der Waals surface area contributed by atoms with E-state index in [1.807, 2.05) is 24.1 Å². The molecular weight excluding hydrogens is 305 g/mol. The Balaban J connectivity index is 1.75. The number of imidazole rings is 1. The van der Waals surface area contributed by atoms with E-state index in [1.165, 1.54) is 6.07 Å². The zero-order valence-electron chi connectivity index (χ0n) is 12.4. The summed E-state index contributed by atoms with van der Waals surface area (Å²) in [7, 11) is 1.93. The molecule has 0 bridgehead atoms. The molecule has 0 saturated heterocycles. The van der Waals surface area contributed by atoms with Crippen molar-refractivity contribution >= 4 is 11.0 Å². The molecule has 7 heteroatoms. The fourth-order valence-electron chi connectivity index (χ4n) is 2.43. The first kappa shape index (κ1) is 15.5. The van der Waals surface area contributed by atoms with Gasteiger partial charge in [-0.1, -0.05) is 0 Å². The topological polar surface area (TPSA) is 44.8 Å². The monoisotopic (exact) mass is 320 g/mol. The maximum absolute atomic E-state index is 12.7. The zero-order valence-corrected chi connectivity index (χ0v) is 12.4. The average Bonchev–Trinajstić information content (AvgIpc) is 2.88. The highest BCUT2D eigenvalue weighted by Crippen LogP contribution is 2.30. The van der Waals surface area contributed by atoms with Crippen LogP contribution < -0.4 is 0 Å². The lowest BCUT2D eigenvalue weighted by molar-refractivity contribution is -0.137. The second kappa shape index (κ2) is 6.00. The van der Waals surface area contributed by atoms with E-state index in [0.29, 0.717) is 29.9 Å². The minimum absolute atomic E-state index is 0.395. The summed E-state index contributed by atoms with van der Waals surface area (Å²) in [6, 6.07) is 7.37. The average molecular weight is 320 g/mol. The van der Waals surface area contributed by atoms with Gasteiger partial charge in [-0.25, -0.2) is 4.98 Å². The molecule has 0 aliphatic heterocycles. The summed E-state index contributed by atoms with van der Waals surface area (Å²) in [6.07, 6.45) is -0.899. The van der Waals surface area contributed by atoms with E-state index in [1.54, 1.807) is 12.4 Å². The Kier molecular flexibility index (Phi) is 4.04. The molecule has 1 aromatic carbocycles. The molecule has 23 heavy (non-hydrogen) atoms. The highest BCUT2D eigenvalue weighted by molar-refractivity contribution is 5.76. The fourth-order valence-corrected chi connectivity index (χ4v) is 2.43. The molecule has 0 saturated carbocycles. The standard InChI is InChI=1S/C16H15F3N4/c1-23(9-11-4-6-20-7-5-11)10-15-21-13-3-2-12(16(17,18)19)8-14(13)22-15/h2-8H,9-10H2,1H3,(H,21,22). The van der Waals surface area contributed by atoms with E-state index >= 15 is 0 Å². The van der Waals surface area contributed by atoms with Crippen LogP contribution in [0.4, 0.5) is 13.2 Å².